The fourth-order valence-electron chi connectivity index (χ4n) is 5.07. The number of hydrogen-bond acceptors (Lipinski definition) is 10. The molecule has 0 bridgehead atoms. The number of methoxy groups -OCH3 is 1. The third-order valence-corrected chi connectivity index (χ3v) is 9.67. The number of thiazole rings is 1. The van der Waals surface area contributed by atoms with E-state index < -0.39 is 18.0 Å². The molecule has 1 aliphatic rings. The summed E-state index contributed by atoms with van der Waals surface area (Å²) < 4.78 is 31.0. The summed E-state index contributed by atoms with van der Waals surface area (Å²) in [6, 6.07) is 15.4. The van der Waals surface area contributed by atoms with Crippen molar-refractivity contribution in [3.8, 4) is 17.2 Å². The summed E-state index contributed by atoms with van der Waals surface area (Å²) in [6.07, 6.45) is 1.72. The van der Waals surface area contributed by atoms with Crippen LogP contribution in [0.5, 0.6) is 17.2 Å². The fourth-order valence-corrected chi connectivity index (χ4v) is 7.37. The van der Waals surface area contributed by atoms with Gasteiger partial charge in [0.2, 0.25) is 0 Å². The first kappa shape index (κ1) is 36.4. The van der Waals surface area contributed by atoms with Gasteiger partial charge in [-0.05, 0) is 95.9 Å². The molecule has 14 heteroatoms. The molecule has 0 unspecified atom stereocenters. The Kier molecular flexibility index (Phi) is 12.0. The van der Waals surface area contributed by atoms with Gasteiger partial charge in [-0.15, -0.1) is 0 Å². The van der Waals surface area contributed by atoms with Gasteiger partial charge in [-0.3, -0.25) is 9.36 Å². The Bertz CT molecular complexity index is 2090. The summed E-state index contributed by atoms with van der Waals surface area (Å²) in [4.78, 5) is 44.3. The smallest absolute Gasteiger partial charge is 0.343 e. The molecule has 5 rings (SSSR count). The van der Waals surface area contributed by atoms with Crippen molar-refractivity contribution in [1.82, 2.24) is 4.57 Å². The van der Waals surface area contributed by atoms with Crippen molar-refractivity contribution >= 4 is 72.8 Å². The highest BCUT2D eigenvalue weighted by atomic mass is 79.9. The Morgan fingerprint density at radius 2 is 1.76 bits per heavy atom. The molecule has 0 N–H and O–H groups in total. The number of carbonyl (C=O) groups excluding carboxylic acids is 2. The summed E-state index contributed by atoms with van der Waals surface area (Å²) in [5.74, 6) is -0.0548. The molecule has 3 aromatic carbocycles. The third kappa shape index (κ3) is 8.29. The van der Waals surface area contributed by atoms with Crippen molar-refractivity contribution in [2.75, 3.05) is 26.9 Å². The minimum Gasteiger partial charge on any atom is -0.490 e. The van der Waals surface area contributed by atoms with E-state index in [0.717, 1.165) is 10.0 Å². The monoisotopic (exact) mass is 832 g/mol. The first-order valence-electron chi connectivity index (χ1n) is 15.1. The van der Waals surface area contributed by atoms with E-state index in [1.807, 2.05) is 30.3 Å². The maximum atomic E-state index is 14.2. The van der Waals surface area contributed by atoms with Crippen LogP contribution in [0.4, 0.5) is 0 Å². The molecular formula is C35H31Br2ClN2O8S. The van der Waals surface area contributed by atoms with Crippen LogP contribution in [0.2, 0.25) is 5.02 Å². The van der Waals surface area contributed by atoms with Gasteiger partial charge in [-0.25, -0.2) is 14.6 Å². The molecule has 10 nitrogen and oxygen atoms in total. The number of hydrogen-bond donors (Lipinski definition) is 0. The first-order chi connectivity index (χ1) is 23.5. The zero-order chi connectivity index (χ0) is 35.2. The van der Waals surface area contributed by atoms with Crippen molar-refractivity contribution in [2.24, 2.45) is 4.99 Å². The summed E-state index contributed by atoms with van der Waals surface area (Å²) in [5.41, 5.74) is 2.44. The number of carbonyl (C=O) groups is 2. The molecule has 0 amide bonds. The van der Waals surface area contributed by atoms with E-state index in [1.54, 1.807) is 51.1 Å². The van der Waals surface area contributed by atoms with Crippen LogP contribution in [0.3, 0.4) is 0 Å². The van der Waals surface area contributed by atoms with Gasteiger partial charge in [-0.1, -0.05) is 57.1 Å². The lowest BCUT2D eigenvalue weighted by molar-refractivity contribution is -0.143. The van der Waals surface area contributed by atoms with Crippen LogP contribution in [0.15, 0.2) is 84.6 Å². The molecule has 0 aliphatic carbocycles. The van der Waals surface area contributed by atoms with Crippen molar-refractivity contribution in [1.29, 1.82) is 0 Å². The number of allylic oxidation sites excluding steroid dienone is 1. The van der Waals surface area contributed by atoms with Crippen LogP contribution in [-0.2, 0) is 25.7 Å². The predicted octanol–water partition coefficient (Wildman–Crippen LogP) is 6.51. The quantitative estimate of drug-likeness (QED) is 0.149. The van der Waals surface area contributed by atoms with Gasteiger partial charge in [0.05, 0.1) is 51.7 Å². The second-order valence-corrected chi connectivity index (χ2v) is 13.7. The number of nitrogens with zero attached hydrogens (tertiary/aromatic N) is 2. The van der Waals surface area contributed by atoms with Crippen molar-refractivity contribution in [2.45, 2.75) is 33.4 Å². The van der Waals surface area contributed by atoms with E-state index in [9.17, 15) is 14.4 Å². The minimum absolute atomic E-state index is 0.135. The first-order valence-corrected chi connectivity index (χ1v) is 17.8. The van der Waals surface area contributed by atoms with Crippen LogP contribution in [0.1, 0.15) is 43.5 Å². The van der Waals surface area contributed by atoms with E-state index in [2.05, 4.69) is 41.6 Å². The average molecular weight is 835 g/mol. The molecule has 0 radical (unpaired) electrons. The molecule has 4 aromatic rings. The molecule has 1 atom stereocenters. The Labute approximate surface area is 307 Å². The molecule has 0 fully saturated rings. The van der Waals surface area contributed by atoms with Gasteiger partial charge in [0.25, 0.3) is 5.56 Å². The molecule has 0 spiro atoms. The summed E-state index contributed by atoms with van der Waals surface area (Å²) in [6.45, 7) is 5.64. The van der Waals surface area contributed by atoms with E-state index in [-0.39, 0.29) is 24.3 Å². The molecular weight excluding hydrogens is 804 g/mol. The minimum atomic E-state index is -0.893. The highest BCUT2D eigenvalue weighted by Gasteiger charge is 2.34. The van der Waals surface area contributed by atoms with Gasteiger partial charge in [-0.2, -0.15) is 0 Å². The summed E-state index contributed by atoms with van der Waals surface area (Å²) in [7, 11) is 1.27. The van der Waals surface area contributed by atoms with E-state index in [4.69, 9.17) is 30.5 Å². The largest absolute Gasteiger partial charge is 0.490 e. The summed E-state index contributed by atoms with van der Waals surface area (Å²) >= 11 is 14.8. The zero-order valence-corrected chi connectivity index (χ0v) is 31.6. The molecule has 0 saturated carbocycles. The Hall–Kier alpha value is -3.91. The number of halogens is 3. The SMILES string of the molecule is CCOC(=O)C1=C(C)N=c2s/c(=C\c3cc(Cl)c(OCc4ccc(Br)cc4)c(Br)c3)c(=O)n2[C@H]1c1ccc(OCC(=O)OC)c(OCC)c1. The van der Waals surface area contributed by atoms with E-state index in [0.29, 0.717) is 66.1 Å². The van der Waals surface area contributed by atoms with Crippen molar-refractivity contribution in [3.63, 3.8) is 0 Å². The molecule has 49 heavy (non-hydrogen) atoms. The van der Waals surface area contributed by atoms with Gasteiger partial charge in [0.15, 0.2) is 28.7 Å². The number of ether oxygens (including phenoxy) is 5. The van der Waals surface area contributed by atoms with Gasteiger partial charge in [0.1, 0.15) is 6.61 Å². The van der Waals surface area contributed by atoms with E-state index in [1.165, 1.54) is 23.0 Å². The van der Waals surface area contributed by atoms with Crippen LogP contribution in [0, 0.1) is 0 Å². The second-order valence-electron chi connectivity index (χ2n) is 10.5. The third-order valence-electron chi connectivity index (χ3n) is 7.29. The normalized spacial score (nSPS) is 14.2. The topological polar surface area (TPSA) is 115 Å². The van der Waals surface area contributed by atoms with Gasteiger partial charge in [0, 0.05) is 4.47 Å². The Morgan fingerprint density at radius 1 is 1.00 bits per heavy atom. The molecule has 1 aliphatic heterocycles. The van der Waals surface area contributed by atoms with Crippen LogP contribution in [0.25, 0.3) is 6.08 Å². The molecule has 1 aromatic heterocycles. The highest BCUT2D eigenvalue weighted by molar-refractivity contribution is 9.10. The summed E-state index contributed by atoms with van der Waals surface area (Å²) in [5, 5.41) is 0.363. The molecule has 256 valence electrons. The highest BCUT2D eigenvalue weighted by Crippen LogP contribution is 2.37. The second kappa shape index (κ2) is 16.2. The Balaban J connectivity index is 1.56. The zero-order valence-electron chi connectivity index (χ0n) is 26.9. The maximum absolute atomic E-state index is 14.2. The number of fused-ring (bicyclic) bond motifs is 1. The Morgan fingerprint density at radius 3 is 2.43 bits per heavy atom. The van der Waals surface area contributed by atoms with Crippen LogP contribution < -0.4 is 29.1 Å². The van der Waals surface area contributed by atoms with Crippen molar-refractivity contribution in [3.05, 3.63) is 116 Å². The number of benzene rings is 3. The van der Waals surface area contributed by atoms with E-state index >= 15 is 0 Å². The average Bonchev–Trinajstić information content (AvgIpc) is 3.37. The molecule has 0 saturated heterocycles. The maximum Gasteiger partial charge on any atom is 0.343 e. The standard InChI is InChI=1S/C35H31Br2ClN2O8S/c1-5-45-27-16-22(9-12-26(27)47-18-29(41)44-4)31-30(34(43)46-6-2)19(3)39-35-40(31)33(42)28(49-35)15-21-13-24(37)32(25(38)14-21)48-17-20-7-10-23(36)11-8-20/h7-16,31H,5-6,17-18H2,1-4H3/b28-15-/t31-/m0/s1. The number of aromatic nitrogens is 1. The van der Waals surface area contributed by atoms with Crippen molar-refractivity contribution < 1.29 is 33.3 Å². The van der Waals surface area contributed by atoms with Crippen LogP contribution >= 0.6 is 54.8 Å². The lowest BCUT2D eigenvalue weighted by Gasteiger charge is -2.25. The number of rotatable bonds is 12. The fraction of sp³-hybridized carbons (Fsp3) is 0.257. The lowest BCUT2D eigenvalue weighted by atomic mass is 9.95. The predicted molar refractivity (Wildman–Crippen MR) is 193 cm³/mol. The van der Waals surface area contributed by atoms with Crippen LogP contribution in [-0.4, -0.2) is 43.4 Å². The van der Waals surface area contributed by atoms with Gasteiger partial charge < -0.3 is 23.7 Å². The lowest BCUT2D eigenvalue weighted by Crippen LogP contribution is -2.40. The molecule has 2 heterocycles. The van der Waals surface area contributed by atoms with Gasteiger partial charge >= 0.3 is 11.9 Å². The number of esters is 2.